The van der Waals surface area contributed by atoms with Gasteiger partial charge in [-0.3, -0.25) is 0 Å². The summed E-state index contributed by atoms with van der Waals surface area (Å²) in [5.74, 6) is 2.40. The molecule has 10 heavy (non-hydrogen) atoms. The van der Waals surface area contributed by atoms with E-state index in [1.165, 1.54) is 22.7 Å². The normalized spacial score (nSPS) is 16.8. The lowest BCUT2D eigenvalue weighted by atomic mass is 10.3. The number of thioether (sulfide) groups is 1. The van der Waals surface area contributed by atoms with Gasteiger partial charge in [-0.2, -0.15) is 11.8 Å². The molecule has 0 atom stereocenters. The first kappa shape index (κ1) is 6.88. The monoisotopic (exact) mass is 189 g/mol. The van der Waals surface area contributed by atoms with Crippen LogP contribution in [0.2, 0.25) is 0 Å². The van der Waals surface area contributed by atoms with Gasteiger partial charge in [0.1, 0.15) is 0 Å². The van der Waals surface area contributed by atoms with Gasteiger partial charge in [0.25, 0.3) is 0 Å². The van der Waals surface area contributed by atoms with Crippen LogP contribution in [0.15, 0.2) is 0 Å². The van der Waals surface area contributed by atoms with Gasteiger partial charge in [0, 0.05) is 16.3 Å². The zero-order valence-electron chi connectivity index (χ0n) is 5.35. The van der Waals surface area contributed by atoms with E-state index in [1.807, 2.05) is 11.8 Å². The summed E-state index contributed by atoms with van der Waals surface area (Å²) in [5, 5.41) is 0. The smallest absolute Gasteiger partial charge is 0.158 e. The molecule has 1 aromatic heterocycles. The molecule has 1 aliphatic heterocycles. The Labute approximate surface area is 72.9 Å². The Bertz CT molecular complexity index is 259. The summed E-state index contributed by atoms with van der Waals surface area (Å²) in [6.07, 6.45) is 1.17. The van der Waals surface area contributed by atoms with Crippen molar-refractivity contribution in [2.75, 3.05) is 5.75 Å². The topological polar surface area (TPSA) is 15.8 Å². The minimum atomic E-state index is 0.938. The van der Waals surface area contributed by atoms with Crippen LogP contribution in [-0.4, -0.2) is 10.7 Å². The molecule has 0 unspecified atom stereocenters. The van der Waals surface area contributed by atoms with Gasteiger partial charge in [0.15, 0.2) is 3.95 Å². The van der Waals surface area contributed by atoms with Gasteiger partial charge in [-0.05, 0) is 24.4 Å². The Kier molecular flexibility index (Phi) is 1.84. The molecule has 0 amide bonds. The highest BCUT2D eigenvalue weighted by Crippen LogP contribution is 2.27. The molecule has 54 valence electrons. The first-order valence-corrected chi connectivity index (χ1v) is 5.53. The molecule has 2 rings (SSSR count). The van der Waals surface area contributed by atoms with Gasteiger partial charge in [0.2, 0.25) is 0 Å². The van der Waals surface area contributed by atoms with Gasteiger partial charge in [-0.1, -0.05) is 0 Å². The highest BCUT2D eigenvalue weighted by molar-refractivity contribution is 7.98. The summed E-state index contributed by atoms with van der Waals surface area (Å²) < 4.78 is 0.938. The number of hydrogen-bond donors (Lipinski definition) is 1. The highest BCUT2D eigenvalue weighted by Gasteiger charge is 2.10. The van der Waals surface area contributed by atoms with Crippen LogP contribution >= 0.6 is 35.3 Å². The maximum absolute atomic E-state index is 5.03. The maximum Gasteiger partial charge on any atom is 0.158 e. The molecule has 0 fully saturated rings. The van der Waals surface area contributed by atoms with Crippen molar-refractivity contribution in [3.63, 3.8) is 0 Å². The summed E-state index contributed by atoms with van der Waals surface area (Å²) in [7, 11) is 0. The molecular formula is C6H7NS3. The van der Waals surface area contributed by atoms with Crippen LogP contribution in [0, 0.1) is 3.95 Å². The summed E-state index contributed by atoms with van der Waals surface area (Å²) in [6.45, 7) is 0. The molecule has 0 saturated carbocycles. The lowest BCUT2D eigenvalue weighted by Gasteiger charge is -2.07. The van der Waals surface area contributed by atoms with Crippen LogP contribution in [0.5, 0.6) is 0 Å². The highest BCUT2D eigenvalue weighted by atomic mass is 32.2. The first-order chi connectivity index (χ1) is 4.86. The fourth-order valence-electron chi connectivity index (χ4n) is 1.05. The van der Waals surface area contributed by atoms with Crippen LogP contribution in [0.3, 0.4) is 0 Å². The number of aromatic nitrogens is 1. The second-order valence-electron chi connectivity index (χ2n) is 2.22. The Morgan fingerprint density at radius 3 is 3.20 bits per heavy atom. The van der Waals surface area contributed by atoms with Crippen LogP contribution in [0.25, 0.3) is 0 Å². The van der Waals surface area contributed by atoms with Gasteiger partial charge in [-0.15, -0.1) is 11.3 Å². The summed E-state index contributed by atoms with van der Waals surface area (Å²) >= 11 is 8.76. The van der Waals surface area contributed by atoms with Gasteiger partial charge in [0.05, 0.1) is 0 Å². The average molecular weight is 189 g/mol. The predicted molar refractivity (Wildman–Crippen MR) is 49.4 cm³/mol. The molecule has 2 heterocycles. The summed E-state index contributed by atoms with van der Waals surface area (Å²) in [6, 6.07) is 0. The second kappa shape index (κ2) is 2.68. The van der Waals surface area contributed by atoms with E-state index in [-0.39, 0.29) is 0 Å². The SMILES string of the molecule is S=c1[nH]c2c(s1)CSCC2. The number of nitrogens with one attached hydrogen (secondary N) is 1. The van der Waals surface area contributed by atoms with E-state index in [2.05, 4.69) is 4.98 Å². The van der Waals surface area contributed by atoms with E-state index in [9.17, 15) is 0 Å². The molecule has 0 aromatic carbocycles. The van der Waals surface area contributed by atoms with Crippen molar-refractivity contribution < 1.29 is 0 Å². The molecule has 1 nitrogen and oxygen atoms in total. The molecule has 0 bridgehead atoms. The third-order valence-electron chi connectivity index (χ3n) is 1.53. The molecule has 1 N–H and O–H groups in total. The number of aryl methyl sites for hydroxylation is 1. The minimum absolute atomic E-state index is 0.938. The van der Waals surface area contributed by atoms with Gasteiger partial charge < -0.3 is 4.98 Å². The third kappa shape index (κ3) is 1.15. The van der Waals surface area contributed by atoms with E-state index in [0.29, 0.717) is 0 Å². The Morgan fingerprint density at radius 2 is 2.40 bits per heavy atom. The van der Waals surface area contributed by atoms with Crippen molar-refractivity contribution in [1.29, 1.82) is 0 Å². The molecule has 1 aliphatic rings. The van der Waals surface area contributed by atoms with Crippen LogP contribution in [-0.2, 0) is 12.2 Å². The number of hydrogen-bond acceptors (Lipinski definition) is 3. The van der Waals surface area contributed by atoms with Crippen molar-refractivity contribution in [2.45, 2.75) is 12.2 Å². The third-order valence-corrected chi connectivity index (χ3v) is 3.98. The van der Waals surface area contributed by atoms with Crippen LogP contribution in [0.4, 0.5) is 0 Å². The molecule has 0 aliphatic carbocycles. The standard InChI is InChI=1S/C6H7NS3/c8-6-7-4-1-2-9-3-5(4)10-6/h1-3H2,(H,7,8). The zero-order valence-corrected chi connectivity index (χ0v) is 7.80. The quantitative estimate of drug-likeness (QED) is 0.631. The molecular weight excluding hydrogens is 182 g/mol. The number of fused-ring (bicyclic) bond motifs is 1. The molecule has 0 radical (unpaired) electrons. The van der Waals surface area contributed by atoms with Crippen LogP contribution < -0.4 is 0 Å². The van der Waals surface area contributed by atoms with E-state index in [4.69, 9.17) is 12.2 Å². The first-order valence-electron chi connectivity index (χ1n) is 3.15. The van der Waals surface area contributed by atoms with Gasteiger partial charge in [-0.25, -0.2) is 0 Å². The summed E-state index contributed by atoms with van der Waals surface area (Å²) in [5.41, 5.74) is 1.38. The molecule has 0 saturated heterocycles. The lowest BCUT2D eigenvalue weighted by Crippen LogP contribution is -1.98. The summed E-state index contributed by atoms with van der Waals surface area (Å²) in [4.78, 5) is 4.68. The number of H-pyrrole nitrogens is 1. The van der Waals surface area contributed by atoms with Crippen molar-refractivity contribution in [3.05, 3.63) is 14.5 Å². The number of rotatable bonds is 0. The zero-order chi connectivity index (χ0) is 6.97. The fraction of sp³-hybridized carbons (Fsp3) is 0.500. The lowest BCUT2D eigenvalue weighted by molar-refractivity contribution is 1.03. The van der Waals surface area contributed by atoms with Crippen molar-refractivity contribution in [1.82, 2.24) is 4.98 Å². The van der Waals surface area contributed by atoms with Gasteiger partial charge >= 0.3 is 0 Å². The fourth-order valence-corrected chi connectivity index (χ4v) is 3.49. The van der Waals surface area contributed by atoms with E-state index in [1.54, 1.807) is 11.3 Å². The second-order valence-corrected chi connectivity index (χ2v) is 5.10. The Morgan fingerprint density at radius 1 is 1.50 bits per heavy atom. The van der Waals surface area contributed by atoms with E-state index >= 15 is 0 Å². The number of aromatic amines is 1. The molecule has 0 spiro atoms. The van der Waals surface area contributed by atoms with Crippen molar-refractivity contribution in [3.8, 4) is 0 Å². The molecule has 4 heteroatoms. The predicted octanol–water partition coefficient (Wildman–Crippen LogP) is 2.59. The maximum atomic E-state index is 5.03. The Hall–Kier alpha value is 0.200. The average Bonchev–Trinajstić information content (AvgIpc) is 2.27. The number of thiazole rings is 1. The largest absolute Gasteiger partial charge is 0.341 e. The van der Waals surface area contributed by atoms with Crippen LogP contribution in [0.1, 0.15) is 10.6 Å². The minimum Gasteiger partial charge on any atom is -0.341 e. The van der Waals surface area contributed by atoms with E-state index < -0.39 is 0 Å². The van der Waals surface area contributed by atoms with Crippen molar-refractivity contribution in [2.24, 2.45) is 0 Å². The Balaban J connectivity index is 2.50. The molecule has 1 aromatic rings. The van der Waals surface area contributed by atoms with Crippen molar-refractivity contribution >= 4 is 35.3 Å². The van der Waals surface area contributed by atoms with E-state index in [0.717, 1.165) is 9.71 Å².